The molecule has 3 aromatic rings. The van der Waals surface area contributed by atoms with Crippen molar-refractivity contribution < 1.29 is 0 Å². The summed E-state index contributed by atoms with van der Waals surface area (Å²) in [5.74, 6) is 0. The highest BCUT2D eigenvalue weighted by Gasteiger charge is 2.09. The van der Waals surface area contributed by atoms with Crippen LogP contribution in [0.3, 0.4) is 0 Å². The third-order valence-corrected chi connectivity index (χ3v) is 3.16. The summed E-state index contributed by atoms with van der Waals surface area (Å²) in [6, 6.07) is 7.77. The molecule has 3 rings (SSSR count). The minimum absolute atomic E-state index is 0.254. The van der Waals surface area contributed by atoms with E-state index in [-0.39, 0.29) is 5.28 Å². The lowest BCUT2D eigenvalue weighted by molar-refractivity contribution is 1.21. The smallest absolute Gasteiger partial charge is 0.223 e. The molecule has 2 heterocycles. The van der Waals surface area contributed by atoms with Crippen LogP contribution >= 0.6 is 22.9 Å². The lowest BCUT2D eigenvalue weighted by Crippen LogP contribution is -1.90. The SMILES string of the molecule is Clc1nc(-c2nccs2)c2ccccc2n1. The molecule has 3 nitrogen and oxygen atoms in total. The summed E-state index contributed by atoms with van der Waals surface area (Å²) >= 11 is 7.43. The molecule has 0 saturated carbocycles. The maximum absolute atomic E-state index is 5.90. The number of thiazole rings is 1. The molecule has 0 spiro atoms. The summed E-state index contributed by atoms with van der Waals surface area (Å²) in [4.78, 5) is 12.7. The molecule has 2 aromatic heterocycles. The largest absolute Gasteiger partial charge is 0.243 e. The van der Waals surface area contributed by atoms with Gasteiger partial charge in [-0.2, -0.15) is 0 Å². The Morgan fingerprint density at radius 3 is 2.81 bits per heavy atom. The first-order valence-electron chi connectivity index (χ1n) is 4.67. The Morgan fingerprint density at radius 1 is 1.12 bits per heavy atom. The van der Waals surface area contributed by atoms with Crippen LogP contribution in [0.4, 0.5) is 0 Å². The molecule has 0 aliphatic heterocycles. The highest BCUT2D eigenvalue weighted by molar-refractivity contribution is 7.13. The van der Waals surface area contributed by atoms with Crippen molar-refractivity contribution in [2.24, 2.45) is 0 Å². The van der Waals surface area contributed by atoms with E-state index in [0.29, 0.717) is 0 Å². The third kappa shape index (κ3) is 1.56. The molecule has 0 bridgehead atoms. The van der Waals surface area contributed by atoms with Gasteiger partial charge in [-0.25, -0.2) is 15.0 Å². The molecule has 5 heteroatoms. The Morgan fingerprint density at radius 2 is 2.00 bits per heavy atom. The molecule has 0 radical (unpaired) electrons. The van der Waals surface area contributed by atoms with Gasteiger partial charge in [0.1, 0.15) is 10.7 Å². The molecule has 0 unspecified atom stereocenters. The van der Waals surface area contributed by atoms with Crippen LogP contribution in [0.2, 0.25) is 5.28 Å². The summed E-state index contributed by atoms with van der Waals surface area (Å²) < 4.78 is 0. The number of rotatable bonds is 1. The normalized spacial score (nSPS) is 10.8. The predicted octanol–water partition coefficient (Wildman–Crippen LogP) is 3.41. The standard InChI is InChI=1S/C11H6ClN3S/c12-11-14-8-4-2-1-3-7(8)9(15-11)10-13-5-6-16-10/h1-6H. The molecule has 16 heavy (non-hydrogen) atoms. The van der Waals surface area contributed by atoms with Crippen molar-refractivity contribution in [2.45, 2.75) is 0 Å². The Balaban J connectivity index is 2.39. The number of halogens is 1. The van der Waals surface area contributed by atoms with Crippen molar-refractivity contribution in [3.63, 3.8) is 0 Å². The van der Waals surface area contributed by atoms with Crippen molar-refractivity contribution in [3.8, 4) is 10.7 Å². The molecule has 0 atom stereocenters. The van der Waals surface area contributed by atoms with Gasteiger partial charge in [-0.3, -0.25) is 0 Å². The van der Waals surface area contributed by atoms with Crippen LogP contribution in [0, 0.1) is 0 Å². The Hall–Kier alpha value is -1.52. The summed E-state index contributed by atoms with van der Waals surface area (Å²) in [5.41, 5.74) is 1.64. The zero-order valence-electron chi connectivity index (χ0n) is 8.09. The van der Waals surface area contributed by atoms with Gasteiger partial charge in [0.25, 0.3) is 0 Å². The van der Waals surface area contributed by atoms with Gasteiger partial charge in [0.05, 0.1) is 5.52 Å². The molecular formula is C11H6ClN3S. The number of hydrogen-bond donors (Lipinski definition) is 0. The maximum Gasteiger partial charge on any atom is 0.223 e. The van der Waals surface area contributed by atoms with E-state index in [1.54, 1.807) is 6.20 Å². The fourth-order valence-corrected chi connectivity index (χ4v) is 2.37. The second kappa shape index (κ2) is 3.81. The predicted molar refractivity (Wildman–Crippen MR) is 65.7 cm³/mol. The molecule has 0 fully saturated rings. The van der Waals surface area contributed by atoms with Gasteiger partial charge in [0.2, 0.25) is 5.28 Å². The van der Waals surface area contributed by atoms with Gasteiger partial charge in [0.15, 0.2) is 0 Å². The van der Waals surface area contributed by atoms with Crippen LogP contribution in [0.25, 0.3) is 21.6 Å². The van der Waals surface area contributed by atoms with Crippen molar-refractivity contribution in [1.29, 1.82) is 0 Å². The quantitative estimate of drug-likeness (QED) is 0.619. The Bertz CT molecular complexity index is 637. The number of benzene rings is 1. The van der Waals surface area contributed by atoms with Crippen LogP contribution in [0.15, 0.2) is 35.8 Å². The molecule has 0 N–H and O–H groups in total. The second-order valence-electron chi connectivity index (χ2n) is 3.20. The number of nitrogens with zero attached hydrogens (tertiary/aromatic N) is 3. The van der Waals surface area contributed by atoms with Crippen molar-refractivity contribution in [3.05, 3.63) is 41.1 Å². The van der Waals surface area contributed by atoms with E-state index in [1.165, 1.54) is 11.3 Å². The van der Waals surface area contributed by atoms with E-state index in [0.717, 1.165) is 21.6 Å². The number of aromatic nitrogens is 3. The monoisotopic (exact) mass is 247 g/mol. The topological polar surface area (TPSA) is 38.7 Å². The fraction of sp³-hybridized carbons (Fsp3) is 0. The number of para-hydroxylation sites is 1. The molecule has 1 aromatic carbocycles. The molecule has 78 valence electrons. The van der Waals surface area contributed by atoms with E-state index in [9.17, 15) is 0 Å². The first-order valence-corrected chi connectivity index (χ1v) is 5.92. The third-order valence-electron chi connectivity index (χ3n) is 2.21. The van der Waals surface area contributed by atoms with Crippen LogP contribution in [-0.2, 0) is 0 Å². The number of hydrogen-bond acceptors (Lipinski definition) is 4. The minimum Gasteiger partial charge on any atom is -0.243 e. The zero-order valence-corrected chi connectivity index (χ0v) is 9.66. The summed E-state index contributed by atoms with van der Waals surface area (Å²) in [6.07, 6.45) is 1.75. The minimum atomic E-state index is 0.254. The zero-order chi connectivity index (χ0) is 11.0. The van der Waals surface area contributed by atoms with Crippen molar-refractivity contribution >= 4 is 33.8 Å². The van der Waals surface area contributed by atoms with E-state index in [4.69, 9.17) is 11.6 Å². The lowest BCUT2D eigenvalue weighted by Gasteiger charge is -2.02. The van der Waals surface area contributed by atoms with Gasteiger partial charge in [-0.15, -0.1) is 11.3 Å². The summed E-state index contributed by atoms with van der Waals surface area (Å²) in [5, 5.41) is 4.01. The van der Waals surface area contributed by atoms with Crippen LogP contribution in [0.5, 0.6) is 0 Å². The van der Waals surface area contributed by atoms with Crippen LogP contribution in [0.1, 0.15) is 0 Å². The van der Waals surface area contributed by atoms with Crippen molar-refractivity contribution in [1.82, 2.24) is 15.0 Å². The van der Waals surface area contributed by atoms with E-state index in [2.05, 4.69) is 15.0 Å². The molecule has 0 saturated heterocycles. The van der Waals surface area contributed by atoms with Gasteiger partial charge >= 0.3 is 0 Å². The van der Waals surface area contributed by atoms with E-state index >= 15 is 0 Å². The summed E-state index contributed by atoms with van der Waals surface area (Å²) in [7, 11) is 0. The summed E-state index contributed by atoms with van der Waals surface area (Å²) in [6.45, 7) is 0. The Kier molecular flexibility index (Phi) is 2.31. The average molecular weight is 248 g/mol. The van der Waals surface area contributed by atoms with Crippen LogP contribution < -0.4 is 0 Å². The fourth-order valence-electron chi connectivity index (χ4n) is 1.55. The first-order chi connectivity index (χ1) is 7.84. The molecule has 0 aliphatic carbocycles. The lowest BCUT2D eigenvalue weighted by atomic mass is 10.2. The van der Waals surface area contributed by atoms with Crippen LogP contribution in [-0.4, -0.2) is 15.0 Å². The molecule has 0 amide bonds. The molecule has 0 aliphatic rings. The second-order valence-corrected chi connectivity index (χ2v) is 4.43. The maximum atomic E-state index is 5.90. The molecular weight excluding hydrogens is 242 g/mol. The average Bonchev–Trinajstić information content (AvgIpc) is 2.81. The Labute approximate surface area is 101 Å². The van der Waals surface area contributed by atoms with E-state index < -0.39 is 0 Å². The highest BCUT2D eigenvalue weighted by Crippen LogP contribution is 2.28. The first kappa shape index (κ1) is 9.69. The highest BCUT2D eigenvalue weighted by atomic mass is 35.5. The number of fused-ring (bicyclic) bond motifs is 1. The van der Waals surface area contributed by atoms with Gasteiger partial charge in [-0.05, 0) is 17.7 Å². The van der Waals surface area contributed by atoms with Gasteiger partial charge < -0.3 is 0 Å². The van der Waals surface area contributed by atoms with Crippen molar-refractivity contribution in [2.75, 3.05) is 0 Å². The van der Waals surface area contributed by atoms with Gasteiger partial charge in [0, 0.05) is 17.0 Å². The van der Waals surface area contributed by atoms with Gasteiger partial charge in [-0.1, -0.05) is 18.2 Å². The van der Waals surface area contributed by atoms with E-state index in [1.807, 2.05) is 29.6 Å².